The quantitative estimate of drug-likeness (QED) is 0.0741. The summed E-state index contributed by atoms with van der Waals surface area (Å²) in [6, 6.07) is 9.14. The average Bonchev–Trinajstić information content (AvgIpc) is 3.13. The molecule has 0 spiro atoms. The highest BCUT2D eigenvalue weighted by Gasteiger charge is 2.49. The van der Waals surface area contributed by atoms with Crippen molar-refractivity contribution in [2.45, 2.75) is 81.2 Å². The fourth-order valence-corrected chi connectivity index (χ4v) is 6.14. The lowest BCUT2D eigenvalue weighted by atomic mass is 9.98. The fraction of sp³-hybridized carbons (Fsp3) is 0.389. The topological polar surface area (TPSA) is 316 Å². The molecule has 11 N–H and O–H groups in total. The first-order chi connectivity index (χ1) is 26.0. The molecule has 6 rings (SSSR count). The molecule has 19 heteroatoms. The summed E-state index contributed by atoms with van der Waals surface area (Å²) in [5, 5.41) is 113. The largest absolute Gasteiger partial charge is 0.508 e. The summed E-state index contributed by atoms with van der Waals surface area (Å²) < 4.78 is 33.8. The van der Waals surface area contributed by atoms with E-state index in [0.717, 1.165) is 24.3 Å². The van der Waals surface area contributed by atoms with Gasteiger partial charge in [-0.05, 0) is 49.2 Å². The van der Waals surface area contributed by atoms with Gasteiger partial charge in [-0.25, -0.2) is 0 Å². The third-order valence-corrected chi connectivity index (χ3v) is 9.19. The molecule has 19 nitrogen and oxygen atoms in total. The molecule has 2 saturated heterocycles. The van der Waals surface area contributed by atoms with Gasteiger partial charge in [0.2, 0.25) is 17.5 Å². The number of aryl methyl sites for hydroxylation is 1. The monoisotopic (exact) mass is 774 g/mol. The van der Waals surface area contributed by atoms with Crippen LogP contribution in [0.2, 0.25) is 0 Å². The van der Waals surface area contributed by atoms with Crippen LogP contribution in [0, 0.1) is 0 Å². The van der Waals surface area contributed by atoms with Crippen LogP contribution in [0.25, 0.3) is 22.3 Å². The van der Waals surface area contributed by atoms with E-state index >= 15 is 0 Å². The van der Waals surface area contributed by atoms with Crippen molar-refractivity contribution in [3.8, 4) is 51.6 Å². The molecule has 0 amide bonds. The lowest BCUT2D eigenvalue weighted by Crippen LogP contribution is -2.62. The van der Waals surface area contributed by atoms with Crippen molar-refractivity contribution in [3.05, 3.63) is 64.3 Å². The Morgan fingerprint density at radius 3 is 2.11 bits per heavy atom. The average molecular weight is 775 g/mol. The molecule has 0 bridgehead atoms. The van der Waals surface area contributed by atoms with Gasteiger partial charge < -0.3 is 84.3 Å². The van der Waals surface area contributed by atoms with Crippen molar-refractivity contribution in [3.63, 3.8) is 0 Å². The van der Waals surface area contributed by atoms with Gasteiger partial charge in [0.05, 0.1) is 12.7 Å². The molecule has 3 aromatic carbocycles. The Morgan fingerprint density at radius 1 is 0.727 bits per heavy atom. The van der Waals surface area contributed by atoms with Crippen molar-refractivity contribution in [2.24, 2.45) is 0 Å². The minimum Gasteiger partial charge on any atom is -0.508 e. The Balaban J connectivity index is 1.19. The number of hydrogen-bond donors (Lipinski definition) is 11. The standard InChI is InChI=1S/C36H38O19/c1-13-26(44)33(54-24(43)7-3-14-2-5-17(38)19(40)8-14)31(49)35(51-13)50-12-23-27(45)29(47)30(48)36(53-23)55-34-28(46)25-21(42)10-16(37)11-22(25)52-32(34)15-4-6-18(39)20(41)9-15/h2,4-6,8-11,13,23,26-27,29-31,33,35-42,44-45,47-49H,3,7,12H2,1H3/t13-,23+,26-,27-,29-,30+,31+,33+,35+,36-/m0/s1. The Hall–Kier alpha value is -5.38. The van der Waals surface area contributed by atoms with Gasteiger partial charge in [0, 0.05) is 24.1 Å². The van der Waals surface area contributed by atoms with Crippen molar-refractivity contribution in [1.29, 1.82) is 0 Å². The van der Waals surface area contributed by atoms with Crippen molar-refractivity contribution >= 4 is 16.9 Å². The second-order valence-electron chi connectivity index (χ2n) is 13.1. The van der Waals surface area contributed by atoms with Crippen molar-refractivity contribution < 1.29 is 89.1 Å². The smallest absolute Gasteiger partial charge is 0.306 e. The number of aromatic hydroxyl groups is 6. The second-order valence-corrected chi connectivity index (χ2v) is 13.1. The van der Waals surface area contributed by atoms with E-state index in [2.05, 4.69) is 0 Å². The first kappa shape index (κ1) is 39.3. The number of rotatable bonds is 10. The minimum atomic E-state index is -2.03. The number of phenols is 6. The number of benzene rings is 3. The molecule has 10 atom stereocenters. The summed E-state index contributed by atoms with van der Waals surface area (Å²) in [6.07, 6.45) is -17.1. The van der Waals surface area contributed by atoms with E-state index in [0.29, 0.717) is 5.56 Å². The zero-order valence-electron chi connectivity index (χ0n) is 28.7. The van der Waals surface area contributed by atoms with Crippen LogP contribution in [0.15, 0.2) is 57.7 Å². The maximum Gasteiger partial charge on any atom is 0.306 e. The van der Waals surface area contributed by atoms with Crippen LogP contribution in [0.4, 0.5) is 0 Å². The summed E-state index contributed by atoms with van der Waals surface area (Å²) >= 11 is 0. The molecule has 0 saturated carbocycles. The zero-order chi connectivity index (χ0) is 39.9. The molecule has 0 aliphatic carbocycles. The van der Waals surface area contributed by atoms with Crippen LogP contribution in [0.5, 0.6) is 40.2 Å². The van der Waals surface area contributed by atoms with Crippen LogP contribution in [-0.4, -0.2) is 130 Å². The normalized spacial score (nSPS) is 28.2. The van der Waals surface area contributed by atoms with E-state index in [1.54, 1.807) is 0 Å². The molecule has 2 aliphatic heterocycles. The number of phenolic OH excluding ortho intramolecular Hbond substituents is 6. The van der Waals surface area contributed by atoms with Crippen molar-refractivity contribution in [2.75, 3.05) is 6.61 Å². The maximum atomic E-state index is 13.8. The number of carbonyl (C=O) groups is 1. The molecule has 1 aromatic heterocycles. The molecular formula is C36H38O19. The summed E-state index contributed by atoms with van der Waals surface area (Å²) in [6.45, 7) is 0.716. The van der Waals surface area contributed by atoms with Crippen LogP contribution < -0.4 is 10.2 Å². The summed E-state index contributed by atoms with van der Waals surface area (Å²) in [5.74, 6) is -5.07. The Labute approximate surface area is 309 Å². The molecule has 2 fully saturated rings. The van der Waals surface area contributed by atoms with Gasteiger partial charge >= 0.3 is 5.97 Å². The highest BCUT2D eigenvalue weighted by Crippen LogP contribution is 2.39. The van der Waals surface area contributed by atoms with E-state index in [4.69, 9.17) is 28.1 Å². The number of aliphatic hydroxyl groups excluding tert-OH is 5. The van der Waals surface area contributed by atoms with Crippen LogP contribution in [0.1, 0.15) is 18.9 Å². The number of carbonyl (C=O) groups excluding carboxylic acids is 1. The van der Waals surface area contributed by atoms with Gasteiger partial charge in [0.15, 0.2) is 41.2 Å². The third kappa shape index (κ3) is 8.04. The predicted octanol–water partition coefficient (Wildman–Crippen LogP) is -0.0922. The van der Waals surface area contributed by atoms with Gasteiger partial charge in [-0.2, -0.15) is 0 Å². The lowest BCUT2D eigenvalue weighted by molar-refractivity contribution is -0.319. The first-order valence-electron chi connectivity index (χ1n) is 16.8. The highest BCUT2D eigenvalue weighted by molar-refractivity contribution is 5.88. The van der Waals surface area contributed by atoms with E-state index in [1.807, 2.05) is 0 Å². The minimum absolute atomic E-state index is 0.0625. The van der Waals surface area contributed by atoms with Gasteiger partial charge in [0.1, 0.15) is 59.1 Å². The second kappa shape index (κ2) is 15.8. The van der Waals surface area contributed by atoms with Gasteiger partial charge in [-0.15, -0.1) is 0 Å². The van der Waals surface area contributed by atoms with E-state index in [1.165, 1.54) is 31.2 Å². The summed E-state index contributed by atoms with van der Waals surface area (Å²) in [5.41, 5.74) is -0.950. The molecule has 2 aliphatic rings. The molecule has 0 unspecified atom stereocenters. The SMILES string of the molecule is C[C@@H]1O[C@@H](OC[C@H]2O[C@@H](Oc3c(-c4ccc(O)c(O)c4)oc4cc(O)cc(O)c4c3=O)[C@H](O)[C@@H](O)[C@H]2O)[C@H](O)[C@H](OC(=O)CCc2ccc(O)c(O)c2)[C@H]1O. The lowest BCUT2D eigenvalue weighted by Gasteiger charge is -2.43. The molecule has 0 radical (unpaired) electrons. The van der Waals surface area contributed by atoms with Gasteiger partial charge in [-0.3, -0.25) is 9.59 Å². The number of fused-ring (bicyclic) bond motifs is 1. The predicted molar refractivity (Wildman–Crippen MR) is 182 cm³/mol. The Kier molecular flexibility index (Phi) is 11.3. The molecule has 55 heavy (non-hydrogen) atoms. The van der Waals surface area contributed by atoms with E-state index < -0.39 is 119 Å². The number of esters is 1. The fourth-order valence-electron chi connectivity index (χ4n) is 6.14. The summed E-state index contributed by atoms with van der Waals surface area (Å²) in [7, 11) is 0. The van der Waals surface area contributed by atoms with E-state index in [-0.39, 0.29) is 35.5 Å². The Morgan fingerprint density at radius 2 is 1.42 bits per heavy atom. The Bertz CT molecular complexity index is 2100. The third-order valence-electron chi connectivity index (χ3n) is 9.19. The zero-order valence-corrected chi connectivity index (χ0v) is 28.7. The number of ether oxygens (including phenoxy) is 5. The summed E-state index contributed by atoms with van der Waals surface area (Å²) in [4.78, 5) is 26.4. The van der Waals surface area contributed by atoms with Crippen molar-refractivity contribution in [1.82, 2.24) is 0 Å². The van der Waals surface area contributed by atoms with Gasteiger partial charge in [-0.1, -0.05) is 6.07 Å². The van der Waals surface area contributed by atoms with Crippen LogP contribution in [-0.2, 0) is 30.2 Å². The van der Waals surface area contributed by atoms with Crippen LogP contribution >= 0.6 is 0 Å². The molecular weight excluding hydrogens is 736 g/mol. The van der Waals surface area contributed by atoms with E-state index in [9.17, 15) is 65.8 Å². The first-order valence-corrected chi connectivity index (χ1v) is 16.8. The highest BCUT2D eigenvalue weighted by atomic mass is 16.7. The molecule has 3 heterocycles. The molecule has 4 aromatic rings. The van der Waals surface area contributed by atoms with Gasteiger partial charge in [0.25, 0.3) is 0 Å². The van der Waals surface area contributed by atoms with Crippen LogP contribution in [0.3, 0.4) is 0 Å². The maximum absolute atomic E-state index is 13.8. The number of aliphatic hydroxyl groups is 5. The number of hydrogen-bond acceptors (Lipinski definition) is 19. The molecule has 296 valence electrons.